The fourth-order valence-corrected chi connectivity index (χ4v) is 2.04. The highest BCUT2D eigenvalue weighted by atomic mass is 35.5. The Hall–Kier alpha value is -2.04. The van der Waals surface area contributed by atoms with Crippen LogP contribution in [0.15, 0.2) is 48.5 Å². The summed E-state index contributed by atoms with van der Waals surface area (Å²) in [5, 5.41) is 3.24. The summed E-state index contributed by atoms with van der Waals surface area (Å²) in [6.45, 7) is 0.814. The van der Waals surface area contributed by atoms with Crippen molar-refractivity contribution in [1.29, 1.82) is 0 Å². The van der Waals surface area contributed by atoms with E-state index in [2.05, 4.69) is 5.32 Å². The molecule has 3 N–H and O–H groups in total. The minimum absolute atomic E-state index is 0.0749. The van der Waals surface area contributed by atoms with E-state index in [-0.39, 0.29) is 12.5 Å². The fourth-order valence-electron chi connectivity index (χ4n) is 1.78. The number of benzene rings is 2. The zero-order valence-electron chi connectivity index (χ0n) is 11.5. The summed E-state index contributed by atoms with van der Waals surface area (Å²) in [5.74, 6) is 0.279. The first-order valence-electron chi connectivity index (χ1n) is 6.61. The Morgan fingerprint density at radius 3 is 2.57 bits per heavy atom. The maximum absolute atomic E-state index is 11.7. The second-order valence-corrected chi connectivity index (χ2v) is 4.93. The Labute approximate surface area is 128 Å². The van der Waals surface area contributed by atoms with Crippen LogP contribution in [0.4, 0.5) is 0 Å². The number of hydrogen-bond donors (Lipinski definition) is 2. The molecule has 0 saturated carbocycles. The van der Waals surface area contributed by atoms with Crippen LogP contribution in [0, 0.1) is 0 Å². The fraction of sp³-hybridized carbons (Fsp3) is 0.188. The number of carbonyl (C=O) groups excluding carboxylic acids is 1. The van der Waals surface area contributed by atoms with E-state index in [1.165, 1.54) is 0 Å². The second-order valence-electron chi connectivity index (χ2n) is 4.52. The quantitative estimate of drug-likeness (QED) is 0.862. The Kier molecular flexibility index (Phi) is 5.60. The maximum Gasteiger partial charge on any atom is 0.258 e. The van der Waals surface area contributed by atoms with Crippen molar-refractivity contribution in [2.45, 2.75) is 13.1 Å². The van der Waals surface area contributed by atoms with Gasteiger partial charge < -0.3 is 15.8 Å². The number of nitrogens with one attached hydrogen (secondary N) is 1. The third kappa shape index (κ3) is 4.77. The molecule has 0 aliphatic heterocycles. The Morgan fingerprint density at radius 1 is 1.14 bits per heavy atom. The van der Waals surface area contributed by atoms with E-state index in [4.69, 9.17) is 22.1 Å². The summed E-state index contributed by atoms with van der Waals surface area (Å²) < 4.78 is 5.40. The summed E-state index contributed by atoms with van der Waals surface area (Å²) in [5.41, 5.74) is 7.48. The molecule has 0 aliphatic carbocycles. The lowest BCUT2D eigenvalue weighted by molar-refractivity contribution is -0.123. The van der Waals surface area contributed by atoms with Gasteiger partial charge in [-0.15, -0.1) is 0 Å². The van der Waals surface area contributed by atoms with Crippen LogP contribution in [0.5, 0.6) is 5.75 Å². The van der Waals surface area contributed by atoms with Crippen molar-refractivity contribution >= 4 is 17.5 Å². The summed E-state index contributed by atoms with van der Waals surface area (Å²) in [7, 11) is 0. The molecule has 0 unspecified atom stereocenters. The molecule has 0 radical (unpaired) electrons. The van der Waals surface area contributed by atoms with Crippen LogP contribution in [0.25, 0.3) is 0 Å². The number of carbonyl (C=O) groups is 1. The molecule has 110 valence electrons. The lowest BCUT2D eigenvalue weighted by Crippen LogP contribution is -2.28. The van der Waals surface area contributed by atoms with Crippen molar-refractivity contribution in [2.24, 2.45) is 5.73 Å². The van der Waals surface area contributed by atoms with Gasteiger partial charge in [0.1, 0.15) is 5.75 Å². The van der Waals surface area contributed by atoms with Gasteiger partial charge in [0, 0.05) is 13.1 Å². The van der Waals surface area contributed by atoms with E-state index in [0.29, 0.717) is 23.9 Å². The molecule has 0 fully saturated rings. The zero-order valence-corrected chi connectivity index (χ0v) is 12.3. The van der Waals surface area contributed by atoms with Crippen molar-refractivity contribution in [1.82, 2.24) is 5.32 Å². The van der Waals surface area contributed by atoms with E-state index in [1.54, 1.807) is 12.1 Å². The molecule has 5 heteroatoms. The summed E-state index contributed by atoms with van der Waals surface area (Å²) in [6, 6.07) is 15.0. The first-order chi connectivity index (χ1) is 10.2. The molecule has 0 bridgehead atoms. The minimum Gasteiger partial charge on any atom is -0.482 e. The Bertz CT molecular complexity index is 602. The van der Waals surface area contributed by atoms with Crippen LogP contribution in [0.1, 0.15) is 11.1 Å². The molecule has 2 aromatic rings. The predicted molar refractivity (Wildman–Crippen MR) is 83.1 cm³/mol. The van der Waals surface area contributed by atoms with Crippen LogP contribution < -0.4 is 15.8 Å². The monoisotopic (exact) mass is 304 g/mol. The number of ether oxygens (including phenoxy) is 1. The van der Waals surface area contributed by atoms with Crippen molar-refractivity contribution in [3.05, 3.63) is 64.7 Å². The van der Waals surface area contributed by atoms with Gasteiger partial charge in [0.15, 0.2) is 6.61 Å². The highest BCUT2D eigenvalue weighted by Crippen LogP contribution is 2.25. The van der Waals surface area contributed by atoms with Gasteiger partial charge in [-0.1, -0.05) is 48.0 Å². The smallest absolute Gasteiger partial charge is 0.258 e. The highest BCUT2D eigenvalue weighted by molar-refractivity contribution is 6.32. The normalized spacial score (nSPS) is 10.2. The maximum atomic E-state index is 11.7. The van der Waals surface area contributed by atoms with Gasteiger partial charge in [-0.3, -0.25) is 4.79 Å². The average molecular weight is 305 g/mol. The van der Waals surface area contributed by atoms with Crippen LogP contribution in [-0.2, 0) is 17.9 Å². The molecule has 0 saturated heterocycles. The third-order valence-corrected chi connectivity index (χ3v) is 3.22. The molecule has 2 rings (SSSR count). The van der Waals surface area contributed by atoms with E-state index in [9.17, 15) is 4.79 Å². The number of halogens is 1. The molecule has 2 aromatic carbocycles. The van der Waals surface area contributed by atoms with Gasteiger partial charge in [-0.2, -0.15) is 0 Å². The number of nitrogens with two attached hydrogens (primary N) is 1. The van der Waals surface area contributed by atoms with Gasteiger partial charge in [0.05, 0.1) is 5.02 Å². The molecule has 0 atom stereocenters. The van der Waals surface area contributed by atoms with Gasteiger partial charge in [0.2, 0.25) is 0 Å². The van der Waals surface area contributed by atoms with Crippen LogP contribution in [0.2, 0.25) is 5.02 Å². The van der Waals surface area contributed by atoms with Gasteiger partial charge in [-0.05, 0) is 23.3 Å². The van der Waals surface area contributed by atoms with E-state index in [0.717, 1.165) is 11.1 Å². The van der Waals surface area contributed by atoms with Gasteiger partial charge in [0.25, 0.3) is 5.91 Å². The van der Waals surface area contributed by atoms with E-state index in [1.807, 2.05) is 36.4 Å². The SMILES string of the molecule is NCc1ccc(OCC(=O)NCc2ccccc2)c(Cl)c1. The second kappa shape index (κ2) is 7.67. The number of hydrogen-bond acceptors (Lipinski definition) is 3. The molecule has 4 nitrogen and oxygen atoms in total. The molecule has 0 heterocycles. The first kappa shape index (κ1) is 15.4. The molecule has 0 aliphatic rings. The van der Waals surface area contributed by atoms with E-state index >= 15 is 0 Å². The Balaban J connectivity index is 1.81. The number of rotatable bonds is 6. The molecule has 0 aromatic heterocycles. The molecule has 0 spiro atoms. The zero-order chi connectivity index (χ0) is 15.1. The topological polar surface area (TPSA) is 64.3 Å². The summed E-state index contributed by atoms with van der Waals surface area (Å²) in [4.78, 5) is 11.7. The average Bonchev–Trinajstić information content (AvgIpc) is 2.52. The lowest BCUT2D eigenvalue weighted by Gasteiger charge is -2.09. The van der Waals surface area contributed by atoms with E-state index < -0.39 is 0 Å². The first-order valence-corrected chi connectivity index (χ1v) is 6.99. The Morgan fingerprint density at radius 2 is 1.90 bits per heavy atom. The van der Waals surface area contributed by atoms with Crippen molar-refractivity contribution < 1.29 is 9.53 Å². The third-order valence-electron chi connectivity index (χ3n) is 2.92. The molecule has 21 heavy (non-hydrogen) atoms. The lowest BCUT2D eigenvalue weighted by atomic mass is 10.2. The van der Waals surface area contributed by atoms with Gasteiger partial charge >= 0.3 is 0 Å². The minimum atomic E-state index is -0.196. The molecular weight excluding hydrogens is 288 g/mol. The predicted octanol–water partition coefficient (Wildman–Crippen LogP) is 2.49. The molecule has 1 amide bonds. The van der Waals surface area contributed by atoms with Crippen molar-refractivity contribution in [3.63, 3.8) is 0 Å². The molecular formula is C16H17ClN2O2. The number of amides is 1. The standard InChI is InChI=1S/C16H17ClN2O2/c17-14-8-13(9-18)6-7-15(14)21-11-16(20)19-10-12-4-2-1-3-5-12/h1-8H,9-11,18H2,(H,19,20). The summed E-state index contributed by atoms with van der Waals surface area (Å²) >= 11 is 6.05. The van der Waals surface area contributed by atoms with Crippen LogP contribution >= 0.6 is 11.6 Å². The van der Waals surface area contributed by atoms with Crippen LogP contribution in [-0.4, -0.2) is 12.5 Å². The largest absolute Gasteiger partial charge is 0.482 e. The highest BCUT2D eigenvalue weighted by Gasteiger charge is 2.06. The van der Waals surface area contributed by atoms with Gasteiger partial charge in [-0.25, -0.2) is 0 Å². The van der Waals surface area contributed by atoms with Crippen LogP contribution in [0.3, 0.4) is 0 Å². The van der Waals surface area contributed by atoms with Crippen molar-refractivity contribution in [2.75, 3.05) is 6.61 Å². The van der Waals surface area contributed by atoms with Crippen molar-refractivity contribution in [3.8, 4) is 5.75 Å². The summed E-state index contributed by atoms with van der Waals surface area (Å²) in [6.07, 6.45) is 0.